The van der Waals surface area contributed by atoms with E-state index >= 15 is 0 Å². The van der Waals surface area contributed by atoms with E-state index in [-0.39, 0.29) is 0 Å². The van der Waals surface area contributed by atoms with Gasteiger partial charge in [0.05, 0.1) is 0 Å². The van der Waals surface area contributed by atoms with Crippen LogP contribution < -0.4 is 15.8 Å². The lowest BCUT2D eigenvalue weighted by Crippen LogP contribution is -2.02. The number of nitrogens with zero attached hydrogens (tertiary/aromatic N) is 2. The molecule has 144 valence electrons. The van der Waals surface area contributed by atoms with Crippen LogP contribution in [0.5, 0.6) is 11.5 Å². The first-order chi connectivity index (χ1) is 14.2. The minimum Gasteiger partial charge on any atom is -0.457 e. The number of ether oxygens (including phenoxy) is 1. The lowest BCUT2D eigenvalue weighted by atomic mass is 10.2. The molecule has 0 saturated carbocycles. The topological polar surface area (TPSA) is 73.1 Å². The van der Waals surface area contributed by atoms with Gasteiger partial charge in [-0.1, -0.05) is 47.7 Å². The SMILES string of the molecule is Cc1ccc(Sc2ncnc(Nc3ccc(Oc4ccccc4)cc3)c2N)cc1. The molecule has 3 aromatic carbocycles. The number of aromatic nitrogens is 2. The van der Waals surface area contributed by atoms with Crippen LogP contribution >= 0.6 is 11.8 Å². The molecule has 0 fully saturated rings. The van der Waals surface area contributed by atoms with Crippen molar-refractivity contribution in [3.63, 3.8) is 0 Å². The van der Waals surface area contributed by atoms with Gasteiger partial charge in [0, 0.05) is 10.6 Å². The van der Waals surface area contributed by atoms with Crippen LogP contribution in [0.3, 0.4) is 0 Å². The number of nitrogens with two attached hydrogens (primary N) is 1. The van der Waals surface area contributed by atoms with E-state index in [4.69, 9.17) is 10.5 Å². The average Bonchev–Trinajstić information content (AvgIpc) is 2.75. The molecule has 5 nitrogen and oxygen atoms in total. The number of benzene rings is 3. The van der Waals surface area contributed by atoms with Gasteiger partial charge in [0.2, 0.25) is 0 Å². The van der Waals surface area contributed by atoms with Crippen LogP contribution in [-0.2, 0) is 0 Å². The van der Waals surface area contributed by atoms with Crippen molar-refractivity contribution < 1.29 is 4.74 Å². The standard InChI is InChI=1S/C23H20N4OS/c1-16-7-13-20(14-8-16)29-23-21(24)22(25-15-26-23)27-17-9-11-19(12-10-17)28-18-5-3-2-4-6-18/h2-15H,24H2,1H3,(H,25,26,27). The molecule has 3 N–H and O–H groups in total. The maximum absolute atomic E-state index is 6.31. The Balaban J connectivity index is 1.47. The van der Waals surface area contributed by atoms with E-state index in [1.54, 1.807) is 0 Å². The summed E-state index contributed by atoms with van der Waals surface area (Å²) in [7, 11) is 0. The molecule has 6 heteroatoms. The predicted molar refractivity (Wildman–Crippen MR) is 118 cm³/mol. The molecule has 0 aliphatic heterocycles. The van der Waals surface area contributed by atoms with Crippen LogP contribution in [0.2, 0.25) is 0 Å². The fourth-order valence-corrected chi connectivity index (χ4v) is 3.45. The number of rotatable bonds is 6. The molecule has 4 rings (SSSR count). The van der Waals surface area contributed by atoms with Crippen molar-refractivity contribution in [2.24, 2.45) is 0 Å². The van der Waals surface area contributed by atoms with Gasteiger partial charge in [-0.15, -0.1) is 0 Å². The first-order valence-corrected chi connectivity index (χ1v) is 9.94. The molecule has 29 heavy (non-hydrogen) atoms. The van der Waals surface area contributed by atoms with Crippen LogP contribution in [0.15, 0.2) is 95.1 Å². The minimum atomic E-state index is 0.516. The van der Waals surface area contributed by atoms with E-state index in [2.05, 4.69) is 46.5 Å². The first-order valence-electron chi connectivity index (χ1n) is 9.12. The molecule has 0 aliphatic carbocycles. The molecule has 1 heterocycles. The summed E-state index contributed by atoms with van der Waals surface area (Å²) in [6.07, 6.45) is 1.52. The van der Waals surface area contributed by atoms with E-state index < -0.39 is 0 Å². The van der Waals surface area contributed by atoms with Gasteiger partial charge in [0.25, 0.3) is 0 Å². The summed E-state index contributed by atoms with van der Waals surface area (Å²) in [6.45, 7) is 2.06. The van der Waals surface area contributed by atoms with Gasteiger partial charge >= 0.3 is 0 Å². The third kappa shape index (κ3) is 4.86. The quantitative estimate of drug-likeness (QED) is 0.384. The fourth-order valence-electron chi connectivity index (χ4n) is 2.65. The zero-order chi connectivity index (χ0) is 20.1. The summed E-state index contributed by atoms with van der Waals surface area (Å²) in [6, 6.07) is 25.6. The third-order valence-electron chi connectivity index (χ3n) is 4.18. The molecule has 0 bridgehead atoms. The number of anilines is 3. The normalized spacial score (nSPS) is 10.5. The lowest BCUT2D eigenvalue weighted by molar-refractivity contribution is 0.483. The predicted octanol–water partition coefficient (Wildman–Crippen LogP) is 6.05. The summed E-state index contributed by atoms with van der Waals surface area (Å²) >= 11 is 1.52. The molecular weight excluding hydrogens is 380 g/mol. The zero-order valence-corrected chi connectivity index (χ0v) is 16.7. The van der Waals surface area contributed by atoms with Crippen LogP contribution in [0, 0.1) is 6.92 Å². The molecule has 0 amide bonds. The van der Waals surface area contributed by atoms with Crippen molar-refractivity contribution in [2.75, 3.05) is 11.1 Å². The van der Waals surface area contributed by atoms with E-state index in [9.17, 15) is 0 Å². The molecular formula is C23H20N4OS. The Morgan fingerprint density at radius 3 is 2.24 bits per heavy atom. The van der Waals surface area contributed by atoms with Gasteiger partial charge in [-0.3, -0.25) is 0 Å². The Hall–Kier alpha value is -3.51. The van der Waals surface area contributed by atoms with Crippen LogP contribution in [0.25, 0.3) is 0 Å². The highest BCUT2D eigenvalue weighted by molar-refractivity contribution is 7.99. The van der Waals surface area contributed by atoms with Gasteiger partial charge in [0.15, 0.2) is 5.82 Å². The van der Waals surface area contributed by atoms with Crippen LogP contribution in [-0.4, -0.2) is 9.97 Å². The van der Waals surface area contributed by atoms with E-state index in [0.717, 1.165) is 27.1 Å². The molecule has 0 atom stereocenters. The summed E-state index contributed by atoms with van der Waals surface area (Å²) < 4.78 is 5.82. The third-order valence-corrected chi connectivity index (χ3v) is 5.21. The minimum absolute atomic E-state index is 0.516. The number of para-hydroxylation sites is 1. The number of aryl methyl sites for hydroxylation is 1. The Labute approximate surface area is 174 Å². The van der Waals surface area contributed by atoms with Gasteiger partial charge < -0.3 is 15.8 Å². The Bertz CT molecular complexity index is 1080. The van der Waals surface area contributed by atoms with E-state index in [0.29, 0.717) is 11.5 Å². The van der Waals surface area contributed by atoms with Crippen molar-refractivity contribution in [1.82, 2.24) is 9.97 Å². The molecule has 0 unspecified atom stereocenters. The number of hydrogen-bond acceptors (Lipinski definition) is 6. The second-order valence-corrected chi connectivity index (χ2v) is 7.48. The highest BCUT2D eigenvalue weighted by atomic mass is 32.2. The Morgan fingerprint density at radius 1 is 0.828 bits per heavy atom. The second kappa shape index (κ2) is 8.67. The van der Waals surface area contributed by atoms with E-state index in [1.807, 2.05) is 54.6 Å². The Kier molecular flexibility index (Phi) is 5.63. The average molecular weight is 401 g/mol. The summed E-state index contributed by atoms with van der Waals surface area (Å²) in [5, 5.41) is 3.97. The number of nitrogen functional groups attached to an aromatic ring is 1. The van der Waals surface area contributed by atoms with E-state index in [1.165, 1.54) is 23.7 Å². The molecule has 0 saturated heterocycles. The maximum Gasteiger partial charge on any atom is 0.158 e. The monoisotopic (exact) mass is 400 g/mol. The first kappa shape index (κ1) is 18.8. The van der Waals surface area contributed by atoms with Gasteiger partial charge in [-0.25, -0.2) is 9.97 Å². The Morgan fingerprint density at radius 2 is 1.52 bits per heavy atom. The van der Waals surface area contributed by atoms with Crippen molar-refractivity contribution >= 4 is 29.0 Å². The molecule has 0 spiro atoms. The lowest BCUT2D eigenvalue weighted by Gasteiger charge is -2.12. The van der Waals surface area contributed by atoms with Gasteiger partial charge in [-0.05, 0) is 55.5 Å². The largest absolute Gasteiger partial charge is 0.457 e. The smallest absolute Gasteiger partial charge is 0.158 e. The number of nitrogens with one attached hydrogen (secondary N) is 1. The molecule has 0 radical (unpaired) electrons. The summed E-state index contributed by atoms with van der Waals surface area (Å²) in [5.41, 5.74) is 8.90. The highest BCUT2D eigenvalue weighted by Gasteiger charge is 2.10. The molecule has 0 aliphatic rings. The van der Waals surface area contributed by atoms with Crippen LogP contribution in [0.1, 0.15) is 5.56 Å². The van der Waals surface area contributed by atoms with Crippen molar-refractivity contribution in [3.05, 3.63) is 90.8 Å². The highest BCUT2D eigenvalue weighted by Crippen LogP contribution is 2.34. The zero-order valence-electron chi connectivity index (χ0n) is 15.9. The molecule has 1 aromatic heterocycles. The summed E-state index contributed by atoms with van der Waals surface area (Å²) in [4.78, 5) is 9.69. The molecule has 4 aromatic rings. The van der Waals surface area contributed by atoms with Gasteiger partial charge in [0.1, 0.15) is 28.5 Å². The maximum atomic E-state index is 6.31. The fraction of sp³-hybridized carbons (Fsp3) is 0.0435. The van der Waals surface area contributed by atoms with Crippen LogP contribution in [0.4, 0.5) is 17.2 Å². The summed E-state index contributed by atoms with van der Waals surface area (Å²) in [5.74, 6) is 2.13. The van der Waals surface area contributed by atoms with Gasteiger partial charge in [-0.2, -0.15) is 0 Å². The van der Waals surface area contributed by atoms with Crippen molar-refractivity contribution in [2.45, 2.75) is 16.8 Å². The second-order valence-electron chi connectivity index (χ2n) is 6.42. The van der Waals surface area contributed by atoms with Crippen molar-refractivity contribution in [3.8, 4) is 11.5 Å². The van der Waals surface area contributed by atoms with Crippen molar-refractivity contribution in [1.29, 1.82) is 0 Å². The number of hydrogen-bond donors (Lipinski definition) is 2.